The molecule has 1 atom stereocenters. The van der Waals surface area contributed by atoms with E-state index in [2.05, 4.69) is 10.3 Å². The van der Waals surface area contributed by atoms with Crippen molar-refractivity contribution in [3.63, 3.8) is 0 Å². The Labute approximate surface area is 82.2 Å². The normalized spacial score (nSPS) is 19.7. The van der Waals surface area contributed by atoms with E-state index in [-0.39, 0.29) is 6.04 Å². The van der Waals surface area contributed by atoms with Crippen molar-refractivity contribution in [2.75, 3.05) is 0 Å². The summed E-state index contributed by atoms with van der Waals surface area (Å²) in [6.45, 7) is 0. The molecule has 1 aromatic rings. The summed E-state index contributed by atoms with van der Waals surface area (Å²) in [5, 5.41) is 3.09. The standard InChI is InChI=1S/C11H10N2O/c14-8-9-4-5-11(13-7-9)10-3-1-2-6-12-10/h1-8,11,13H. The van der Waals surface area contributed by atoms with Gasteiger partial charge >= 0.3 is 0 Å². The summed E-state index contributed by atoms with van der Waals surface area (Å²) < 4.78 is 0. The molecule has 0 spiro atoms. The van der Waals surface area contributed by atoms with Gasteiger partial charge in [-0.1, -0.05) is 18.2 Å². The van der Waals surface area contributed by atoms with Crippen molar-refractivity contribution < 1.29 is 4.79 Å². The minimum atomic E-state index is 0.0694. The third-order valence-electron chi connectivity index (χ3n) is 2.05. The van der Waals surface area contributed by atoms with Crippen LogP contribution < -0.4 is 5.32 Å². The second-order valence-corrected chi connectivity index (χ2v) is 3.02. The first-order chi connectivity index (χ1) is 6.90. The van der Waals surface area contributed by atoms with Gasteiger partial charge in [0.1, 0.15) is 0 Å². The fourth-order valence-electron chi connectivity index (χ4n) is 1.31. The molecule has 0 amide bonds. The molecule has 0 radical (unpaired) electrons. The zero-order valence-electron chi connectivity index (χ0n) is 7.55. The zero-order chi connectivity index (χ0) is 9.80. The van der Waals surface area contributed by atoms with Crippen LogP contribution in [0.2, 0.25) is 0 Å². The van der Waals surface area contributed by atoms with Gasteiger partial charge in [0, 0.05) is 18.0 Å². The van der Waals surface area contributed by atoms with Gasteiger partial charge in [-0.2, -0.15) is 0 Å². The Morgan fingerprint density at radius 2 is 2.36 bits per heavy atom. The number of nitrogens with zero attached hydrogens (tertiary/aromatic N) is 1. The van der Waals surface area contributed by atoms with Crippen molar-refractivity contribution in [2.24, 2.45) is 0 Å². The third-order valence-corrected chi connectivity index (χ3v) is 2.05. The highest BCUT2D eigenvalue weighted by atomic mass is 16.1. The van der Waals surface area contributed by atoms with Crippen LogP contribution in [-0.2, 0) is 4.79 Å². The highest BCUT2D eigenvalue weighted by Gasteiger charge is 2.09. The van der Waals surface area contributed by atoms with E-state index in [0.29, 0.717) is 5.57 Å². The molecule has 0 saturated heterocycles. The first-order valence-corrected chi connectivity index (χ1v) is 4.40. The zero-order valence-corrected chi connectivity index (χ0v) is 7.55. The molecule has 1 aliphatic heterocycles. The van der Waals surface area contributed by atoms with Crippen molar-refractivity contribution in [3.8, 4) is 0 Å². The van der Waals surface area contributed by atoms with Gasteiger partial charge in [-0.15, -0.1) is 0 Å². The molecule has 1 N–H and O–H groups in total. The van der Waals surface area contributed by atoms with Crippen LogP contribution in [0.3, 0.4) is 0 Å². The summed E-state index contributed by atoms with van der Waals surface area (Å²) in [5.41, 5.74) is 1.60. The summed E-state index contributed by atoms with van der Waals surface area (Å²) in [5.74, 6) is 0. The fraction of sp³-hybridized carbons (Fsp3) is 0.0909. The van der Waals surface area contributed by atoms with Crippen molar-refractivity contribution in [1.29, 1.82) is 0 Å². The summed E-state index contributed by atoms with van der Waals surface area (Å²) in [6, 6.07) is 5.83. The van der Waals surface area contributed by atoms with E-state index in [0.717, 1.165) is 12.0 Å². The largest absolute Gasteiger partial charge is 0.379 e. The predicted octanol–water partition coefficient (Wildman–Crippen LogP) is 1.36. The Balaban J connectivity index is 2.15. The molecular weight excluding hydrogens is 176 g/mol. The SMILES string of the molecule is O=CC1=CNC(c2ccccn2)C=C1. The van der Waals surface area contributed by atoms with Crippen LogP contribution in [0.1, 0.15) is 11.7 Å². The molecule has 0 fully saturated rings. The molecule has 2 heterocycles. The fourth-order valence-corrected chi connectivity index (χ4v) is 1.31. The van der Waals surface area contributed by atoms with E-state index < -0.39 is 0 Å². The van der Waals surface area contributed by atoms with Gasteiger partial charge in [0.05, 0.1) is 11.7 Å². The van der Waals surface area contributed by atoms with Crippen molar-refractivity contribution in [1.82, 2.24) is 10.3 Å². The van der Waals surface area contributed by atoms with Crippen LogP contribution in [0.15, 0.2) is 48.3 Å². The van der Waals surface area contributed by atoms with Crippen LogP contribution in [0, 0.1) is 0 Å². The van der Waals surface area contributed by atoms with Gasteiger partial charge in [0.25, 0.3) is 0 Å². The number of aldehydes is 1. The first kappa shape index (κ1) is 8.69. The number of pyridine rings is 1. The van der Waals surface area contributed by atoms with Gasteiger partial charge in [-0.05, 0) is 12.1 Å². The lowest BCUT2D eigenvalue weighted by Gasteiger charge is -2.16. The second kappa shape index (κ2) is 3.87. The van der Waals surface area contributed by atoms with Gasteiger partial charge in [0.2, 0.25) is 0 Å². The van der Waals surface area contributed by atoms with Crippen molar-refractivity contribution >= 4 is 6.29 Å². The van der Waals surface area contributed by atoms with Gasteiger partial charge in [-0.3, -0.25) is 9.78 Å². The van der Waals surface area contributed by atoms with Gasteiger partial charge in [0.15, 0.2) is 6.29 Å². The smallest absolute Gasteiger partial charge is 0.151 e. The lowest BCUT2D eigenvalue weighted by Crippen LogP contribution is -2.17. The van der Waals surface area contributed by atoms with E-state index in [9.17, 15) is 4.79 Å². The number of nitrogens with one attached hydrogen (secondary N) is 1. The quantitative estimate of drug-likeness (QED) is 0.709. The number of carbonyl (C=O) groups is 1. The second-order valence-electron chi connectivity index (χ2n) is 3.02. The van der Waals surface area contributed by atoms with E-state index in [1.807, 2.05) is 24.3 Å². The Morgan fingerprint density at radius 1 is 1.43 bits per heavy atom. The summed E-state index contributed by atoms with van der Waals surface area (Å²) >= 11 is 0. The highest BCUT2D eigenvalue weighted by Crippen LogP contribution is 2.15. The number of allylic oxidation sites excluding steroid dienone is 2. The molecule has 0 aromatic carbocycles. The molecule has 1 unspecified atom stereocenters. The molecule has 3 heteroatoms. The Kier molecular flexibility index (Phi) is 2.40. The molecular formula is C11H10N2O. The summed E-state index contributed by atoms with van der Waals surface area (Å²) in [6.07, 6.45) is 7.99. The molecule has 2 rings (SSSR count). The molecule has 3 nitrogen and oxygen atoms in total. The molecule has 0 saturated carbocycles. The number of aromatic nitrogens is 1. The van der Waals surface area contributed by atoms with E-state index >= 15 is 0 Å². The van der Waals surface area contributed by atoms with E-state index in [1.165, 1.54) is 0 Å². The molecule has 0 bridgehead atoms. The topological polar surface area (TPSA) is 42.0 Å². The first-order valence-electron chi connectivity index (χ1n) is 4.40. The molecule has 1 aliphatic rings. The van der Waals surface area contributed by atoms with E-state index in [4.69, 9.17) is 0 Å². The average Bonchev–Trinajstić information content (AvgIpc) is 2.30. The molecule has 1 aromatic heterocycles. The summed E-state index contributed by atoms with van der Waals surface area (Å²) in [7, 11) is 0. The van der Waals surface area contributed by atoms with E-state index in [1.54, 1.807) is 18.5 Å². The van der Waals surface area contributed by atoms with Gasteiger partial charge in [-0.25, -0.2) is 0 Å². The maximum absolute atomic E-state index is 10.4. The number of carbonyl (C=O) groups excluding carboxylic acids is 1. The maximum atomic E-state index is 10.4. The number of rotatable bonds is 2. The number of hydrogen-bond donors (Lipinski definition) is 1. The molecule has 0 aliphatic carbocycles. The predicted molar refractivity (Wildman–Crippen MR) is 53.4 cm³/mol. The minimum absolute atomic E-state index is 0.0694. The highest BCUT2D eigenvalue weighted by molar-refractivity contribution is 5.77. The van der Waals surface area contributed by atoms with Crippen molar-refractivity contribution in [3.05, 3.63) is 54.0 Å². The van der Waals surface area contributed by atoms with Crippen LogP contribution in [-0.4, -0.2) is 11.3 Å². The van der Waals surface area contributed by atoms with Crippen LogP contribution in [0.4, 0.5) is 0 Å². The monoisotopic (exact) mass is 186 g/mol. The summed E-state index contributed by atoms with van der Waals surface area (Å²) in [4.78, 5) is 14.6. The number of hydrogen-bond acceptors (Lipinski definition) is 3. The molecule has 14 heavy (non-hydrogen) atoms. The Bertz CT molecular complexity index is 382. The van der Waals surface area contributed by atoms with Crippen molar-refractivity contribution in [2.45, 2.75) is 6.04 Å². The average molecular weight is 186 g/mol. The lowest BCUT2D eigenvalue weighted by molar-refractivity contribution is -0.104. The lowest BCUT2D eigenvalue weighted by atomic mass is 10.1. The van der Waals surface area contributed by atoms with Crippen LogP contribution >= 0.6 is 0 Å². The Morgan fingerprint density at radius 3 is 2.93 bits per heavy atom. The minimum Gasteiger partial charge on any atom is -0.379 e. The van der Waals surface area contributed by atoms with Crippen LogP contribution in [0.25, 0.3) is 0 Å². The Hall–Kier alpha value is -1.90. The molecule has 70 valence electrons. The third kappa shape index (κ3) is 1.71. The maximum Gasteiger partial charge on any atom is 0.151 e. The number of dihydropyridines is 1. The van der Waals surface area contributed by atoms with Crippen LogP contribution in [0.5, 0.6) is 0 Å². The van der Waals surface area contributed by atoms with Gasteiger partial charge < -0.3 is 5.32 Å².